The smallest absolute Gasteiger partial charge is 0.258 e. The van der Waals surface area contributed by atoms with E-state index in [0.717, 1.165) is 6.07 Å². The molecule has 1 aromatic rings. The van der Waals surface area contributed by atoms with E-state index in [1.165, 1.54) is 16.4 Å². The van der Waals surface area contributed by atoms with Crippen molar-refractivity contribution in [3.8, 4) is 0 Å². The van der Waals surface area contributed by atoms with Crippen LogP contribution in [0.25, 0.3) is 0 Å². The van der Waals surface area contributed by atoms with Crippen molar-refractivity contribution in [1.29, 1.82) is 0 Å². The van der Waals surface area contributed by atoms with Crippen molar-refractivity contribution in [3.05, 3.63) is 33.3 Å². The van der Waals surface area contributed by atoms with Crippen molar-refractivity contribution >= 4 is 39.1 Å². The van der Waals surface area contributed by atoms with Gasteiger partial charge in [0.1, 0.15) is 4.90 Å². The van der Waals surface area contributed by atoms with E-state index in [-0.39, 0.29) is 26.1 Å². The molecule has 21 heavy (non-hydrogen) atoms. The van der Waals surface area contributed by atoms with E-state index < -0.39 is 14.9 Å². The van der Waals surface area contributed by atoms with Crippen LogP contribution in [0.1, 0.15) is 13.8 Å². The predicted octanol–water partition coefficient (Wildman–Crippen LogP) is 2.76. The van der Waals surface area contributed by atoms with Crippen LogP contribution in [0, 0.1) is 10.1 Å². The summed E-state index contributed by atoms with van der Waals surface area (Å²) in [7, 11) is -3.83. The normalized spacial score (nSPS) is 24.0. The van der Waals surface area contributed by atoms with Crippen LogP contribution >= 0.6 is 23.4 Å². The largest absolute Gasteiger partial charge is 0.270 e. The summed E-state index contributed by atoms with van der Waals surface area (Å²) in [6, 6.07) is 3.46. The molecule has 1 heterocycles. The number of halogens is 1. The maximum absolute atomic E-state index is 12.7. The van der Waals surface area contributed by atoms with Crippen LogP contribution in [-0.2, 0) is 10.0 Å². The maximum atomic E-state index is 12.7. The summed E-state index contributed by atoms with van der Waals surface area (Å²) < 4.78 is 26.7. The number of nitro benzene ring substituents is 1. The highest BCUT2D eigenvalue weighted by atomic mass is 35.5. The molecule has 2 rings (SSSR count). The Labute approximate surface area is 132 Å². The van der Waals surface area contributed by atoms with Crippen molar-refractivity contribution in [1.82, 2.24) is 4.31 Å². The van der Waals surface area contributed by atoms with E-state index in [1.54, 1.807) is 11.8 Å². The monoisotopic (exact) mass is 350 g/mol. The highest BCUT2D eigenvalue weighted by molar-refractivity contribution is 8.00. The molecule has 0 aliphatic carbocycles. The van der Waals surface area contributed by atoms with Crippen molar-refractivity contribution in [2.24, 2.45) is 0 Å². The van der Waals surface area contributed by atoms with Gasteiger partial charge in [0, 0.05) is 35.7 Å². The molecule has 0 amide bonds. The van der Waals surface area contributed by atoms with Gasteiger partial charge in [0.25, 0.3) is 5.69 Å². The molecule has 116 valence electrons. The first-order chi connectivity index (χ1) is 9.71. The lowest BCUT2D eigenvalue weighted by atomic mass is 10.3. The van der Waals surface area contributed by atoms with Crippen molar-refractivity contribution in [3.63, 3.8) is 0 Å². The van der Waals surface area contributed by atoms with Gasteiger partial charge in [-0.15, -0.1) is 0 Å². The van der Waals surface area contributed by atoms with Gasteiger partial charge in [-0.1, -0.05) is 25.4 Å². The molecule has 0 radical (unpaired) electrons. The molecule has 2 unspecified atom stereocenters. The van der Waals surface area contributed by atoms with Gasteiger partial charge in [-0.05, 0) is 6.07 Å². The van der Waals surface area contributed by atoms with Crippen LogP contribution in [-0.4, -0.2) is 41.2 Å². The molecule has 0 saturated carbocycles. The Morgan fingerprint density at radius 1 is 1.33 bits per heavy atom. The minimum atomic E-state index is -3.83. The first kappa shape index (κ1) is 16.5. The van der Waals surface area contributed by atoms with Gasteiger partial charge in [-0.2, -0.15) is 16.1 Å². The lowest BCUT2D eigenvalue weighted by Crippen LogP contribution is -2.44. The summed E-state index contributed by atoms with van der Waals surface area (Å²) in [6.07, 6.45) is 0. The first-order valence-electron chi connectivity index (χ1n) is 6.31. The molecular formula is C12H15ClN2O4S2. The topological polar surface area (TPSA) is 80.5 Å². The van der Waals surface area contributed by atoms with Gasteiger partial charge in [0.2, 0.25) is 10.0 Å². The van der Waals surface area contributed by atoms with Gasteiger partial charge < -0.3 is 0 Å². The number of non-ortho nitro benzene ring substituents is 1. The fourth-order valence-corrected chi connectivity index (χ4v) is 5.90. The second-order valence-electron chi connectivity index (χ2n) is 4.95. The molecule has 0 aromatic heterocycles. The summed E-state index contributed by atoms with van der Waals surface area (Å²) in [4.78, 5) is 9.99. The molecule has 1 fully saturated rings. The van der Waals surface area contributed by atoms with Crippen LogP contribution < -0.4 is 0 Å². The number of hydrogen-bond acceptors (Lipinski definition) is 5. The molecule has 1 aliphatic rings. The van der Waals surface area contributed by atoms with E-state index in [2.05, 4.69) is 0 Å². The van der Waals surface area contributed by atoms with Crippen molar-refractivity contribution in [2.45, 2.75) is 29.2 Å². The van der Waals surface area contributed by atoms with E-state index in [4.69, 9.17) is 11.6 Å². The van der Waals surface area contributed by atoms with E-state index in [0.29, 0.717) is 13.1 Å². The van der Waals surface area contributed by atoms with E-state index in [1.807, 2.05) is 13.8 Å². The Bertz CT molecular complexity index is 655. The molecule has 9 heteroatoms. The van der Waals surface area contributed by atoms with Gasteiger partial charge >= 0.3 is 0 Å². The second kappa shape index (κ2) is 6.12. The Morgan fingerprint density at radius 3 is 2.43 bits per heavy atom. The van der Waals surface area contributed by atoms with Crippen LogP contribution in [0.15, 0.2) is 23.1 Å². The summed E-state index contributed by atoms with van der Waals surface area (Å²) in [5, 5.41) is 11.2. The average Bonchev–Trinajstić information content (AvgIpc) is 2.37. The molecule has 1 aliphatic heterocycles. The predicted molar refractivity (Wildman–Crippen MR) is 83.4 cm³/mol. The number of thioether (sulfide) groups is 1. The first-order valence-corrected chi connectivity index (χ1v) is 9.07. The quantitative estimate of drug-likeness (QED) is 0.618. The van der Waals surface area contributed by atoms with Crippen LogP contribution in [0.4, 0.5) is 5.69 Å². The molecule has 0 N–H and O–H groups in total. The molecule has 0 bridgehead atoms. The summed E-state index contributed by atoms with van der Waals surface area (Å²) in [5.74, 6) is 0. The third kappa shape index (κ3) is 3.50. The van der Waals surface area contributed by atoms with E-state index >= 15 is 0 Å². The number of nitro groups is 1. The van der Waals surface area contributed by atoms with Gasteiger partial charge in [0.15, 0.2) is 0 Å². The minimum Gasteiger partial charge on any atom is -0.258 e. The van der Waals surface area contributed by atoms with Crippen molar-refractivity contribution < 1.29 is 13.3 Å². The molecule has 1 saturated heterocycles. The van der Waals surface area contributed by atoms with Gasteiger partial charge in [0.05, 0.1) is 9.95 Å². The number of sulfonamides is 1. The maximum Gasteiger partial charge on any atom is 0.270 e. The van der Waals surface area contributed by atoms with Crippen LogP contribution in [0.2, 0.25) is 5.02 Å². The Morgan fingerprint density at radius 2 is 1.90 bits per heavy atom. The third-order valence-electron chi connectivity index (χ3n) is 3.13. The number of nitrogens with zero attached hydrogens (tertiary/aromatic N) is 2. The fraction of sp³-hybridized carbons (Fsp3) is 0.500. The third-order valence-corrected chi connectivity index (χ3v) is 6.67. The van der Waals surface area contributed by atoms with Crippen LogP contribution in [0.3, 0.4) is 0 Å². The molecule has 1 aromatic carbocycles. The molecular weight excluding hydrogens is 336 g/mol. The average molecular weight is 351 g/mol. The van der Waals surface area contributed by atoms with Gasteiger partial charge in [-0.3, -0.25) is 10.1 Å². The lowest BCUT2D eigenvalue weighted by molar-refractivity contribution is -0.385. The second-order valence-corrected chi connectivity index (χ2v) is 9.15. The van der Waals surface area contributed by atoms with Crippen molar-refractivity contribution in [2.75, 3.05) is 13.1 Å². The Hall–Kier alpha value is -0.830. The zero-order valence-electron chi connectivity index (χ0n) is 11.5. The zero-order valence-corrected chi connectivity index (χ0v) is 13.9. The summed E-state index contributed by atoms with van der Waals surface area (Å²) >= 11 is 7.66. The SMILES string of the molecule is CC1CN(S(=O)(=O)c2cc([N+](=O)[O-])ccc2Cl)CC(C)S1. The Kier molecular flexibility index (Phi) is 4.82. The van der Waals surface area contributed by atoms with Gasteiger partial charge in [-0.25, -0.2) is 8.42 Å². The molecule has 0 spiro atoms. The highest BCUT2D eigenvalue weighted by Crippen LogP contribution is 2.33. The zero-order chi connectivity index (χ0) is 15.8. The fourth-order valence-electron chi connectivity index (χ4n) is 2.27. The number of benzene rings is 1. The molecule has 2 atom stereocenters. The number of rotatable bonds is 3. The highest BCUT2D eigenvalue weighted by Gasteiger charge is 2.34. The summed E-state index contributed by atoms with van der Waals surface area (Å²) in [6.45, 7) is 4.66. The number of hydrogen-bond donors (Lipinski definition) is 0. The van der Waals surface area contributed by atoms with E-state index in [9.17, 15) is 18.5 Å². The van der Waals surface area contributed by atoms with Crippen LogP contribution in [0.5, 0.6) is 0 Å². The summed E-state index contributed by atoms with van der Waals surface area (Å²) in [5.41, 5.74) is -0.287. The Balaban J connectivity index is 2.44. The minimum absolute atomic E-state index is 0.000803. The molecule has 6 nitrogen and oxygen atoms in total. The lowest BCUT2D eigenvalue weighted by Gasteiger charge is -2.33. The standard InChI is InChI=1S/C12H15ClN2O4S2/c1-8-6-14(7-9(2)20-8)21(18,19)12-5-10(15(16)17)3-4-11(12)13/h3-5,8-9H,6-7H2,1-2H3.